The standard InChI is InChI=1S/C14H10ClFN2/c1-8-2-4-10(11(15)6-8)14-17-12-5-3-9(16)7-13(12)18-14/h2-7H,1H3,(H,17,18). The van der Waals surface area contributed by atoms with Crippen molar-refractivity contribution in [3.05, 3.63) is 52.8 Å². The Labute approximate surface area is 108 Å². The third-order valence-electron chi connectivity index (χ3n) is 2.82. The average Bonchev–Trinajstić information content (AvgIpc) is 2.71. The molecule has 2 aromatic carbocycles. The van der Waals surface area contributed by atoms with Crippen molar-refractivity contribution in [2.24, 2.45) is 0 Å². The summed E-state index contributed by atoms with van der Waals surface area (Å²) >= 11 is 6.19. The molecule has 1 aromatic heterocycles. The summed E-state index contributed by atoms with van der Waals surface area (Å²) in [4.78, 5) is 7.49. The lowest BCUT2D eigenvalue weighted by Crippen LogP contribution is -1.83. The number of hydrogen-bond donors (Lipinski definition) is 1. The van der Waals surface area contributed by atoms with E-state index in [0.717, 1.165) is 16.6 Å². The molecule has 0 saturated carbocycles. The Morgan fingerprint density at radius 1 is 1.17 bits per heavy atom. The Bertz CT molecular complexity index is 734. The highest BCUT2D eigenvalue weighted by molar-refractivity contribution is 6.33. The molecule has 1 heterocycles. The summed E-state index contributed by atoms with van der Waals surface area (Å²) in [5.74, 6) is 0.369. The third-order valence-corrected chi connectivity index (χ3v) is 3.14. The molecule has 0 aliphatic carbocycles. The maximum absolute atomic E-state index is 13.1. The summed E-state index contributed by atoms with van der Waals surface area (Å²) < 4.78 is 13.1. The number of halogens is 2. The molecular weight excluding hydrogens is 251 g/mol. The van der Waals surface area contributed by atoms with E-state index < -0.39 is 0 Å². The van der Waals surface area contributed by atoms with Crippen LogP contribution in [0.3, 0.4) is 0 Å². The second-order valence-corrected chi connectivity index (χ2v) is 4.64. The van der Waals surface area contributed by atoms with E-state index >= 15 is 0 Å². The predicted octanol–water partition coefficient (Wildman–Crippen LogP) is 4.33. The molecular formula is C14H10ClFN2. The molecule has 0 atom stereocenters. The largest absolute Gasteiger partial charge is 0.338 e. The monoisotopic (exact) mass is 260 g/mol. The molecule has 2 nitrogen and oxygen atoms in total. The lowest BCUT2D eigenvalue weighted by Gasteiger charge is -2.01. The first kappa shape index (κ1) is 11.2. The Kier molecular flexibility index (Phi) is 2.56. The van der Waals surface area contributed by atoms with Crippen LogP contribution in [-0.4, -0.2) is 9.97 Å². The number of rotatable bonds is 1. The van der Waals surface area contributed by atoms with Crippen LogP contribution in [-0.2, 0) is 0 Å². The van der Waals surface area contributed by atoms with Gasteiger partial charge in [0.05, 0.1) is 16.1 Å². The van der Waals surface area contributed by atoms with Crippen LogP contribution >= 0.6 is 11.6 Å². The summed E-state index contributed by atoms with van der Waals surface area (Å²) in [6.45, 7) is 1.98. The highest BCUT2D eigenvalue weighted by Gasteiger charge is 2.09. The first-order valence-electron chi connectivity index (χ1n) is 5.55. The molecule has 1 N–H and O–H groups in total. The van der Waals surface area contributed by atoms with Gasteiger partial charge in [0.15, 0.2) is 0 Å². The molecule has 18 heavy (non-hydrogen) atoms. The first-order chi connectivity index (χ1) is 8.63. The van der Waals surface area contributed by atoms with Crippen molar-refractivity contribution in [3.63, 3.8) is 0 Å². The zero-order valence-corrected chi connectivity index (χ0v) is 10.4. The first-order valence-corrected chi connectivity index (χ1v) is 5.93. The van der Waals surface area contributed by atoms with Gasteiger partial charge >= 0.3 is 0 Å². The van der Waals surface area contributed by atoms with Crippen LogP contribution in [0, 0.1) is 12.7 Å². The molecule has 0 unspecified atom stereocenters. The van der Waals surface area contributed by atoms with Gasteiger partial charge in [0.2, 0.25) is 0 Å². The van der Waals surface area contributed by atoms with E-state index in [-0.39, 0.29) is 5.82 Å². The molecule has 0 amide bonds. The minimum Gasteiger partial charge on any atom is -0.338 e. The van der Waals surface area contributed by atoms with E-state index in [0.29, 0.717) is 16.4 Å². The molecule has 0 saturated heterocycles. The number of nitrogens with one attached hydrogen (secondary N) is 1. The van der Waals surface area contributed by atoms with Crippen LogP contribution in [0.4, 0.5) is 4.39 Å². The van der Waals surface area contributed by atoms with Gasteiger partial charge in [-0.2, -0.15) is 0 Å². The predicted molar refractivity (Wildman–Crippen MR) is 71.2 cm³/mol. The van der Waals surface area contributed by atoms with Crippen LogP contribution in [0.25, 0.3) is 22.4 Å². The SMILES string of the molecule is Cc1ccc(-c2nc3ccc(F)cc3[nH]2)c(Cl)c1. The molecule has 0 bridgehead atoms. The quantitative estimate of drug-likeness (QED) is 0.693. The topological polar surface area (TPSA) is 28.7 Å². The van der Waals surface area contributed by atoms with Gasteiger partial charge in [-0.1, -0.05) is 17.7 Å². The van der Waals surface area contributed by atoms with E-state index in [4.69, 9.17) is 11.6 Å². The molecule has 0 aliphatic heterocycles. The number of imidazole rings is 1. The van der Waals surface area contributed by atoms with Gasteiger partial charge in [0, 0.05) is 5.56 Å². The molecule has 90 valence electrons. The molecule has 0 fully saturated rings. The summed E-state index contributed by atoms with van der Waals surface area (Å²) in [5.41, 5.74) is 3.30. The third kappa shape index (κ3) is 1.87. The lowest BCUT2D eigenvalue weighted by molar-refractivity contribution is 0.629. The van der Waals surface area contributed by atoms with Gasteiger partial charge in [-0.3, -0.25) is 0 Å². The van der Waals surface area contributed by atoms with Crippen LogP contribution in [0.1, 0.15) is 5.56 Å². The van der Waals surface area contributed by atoms with Gasteiger partial charge in [0.1, 0.15) is 11.6 Å². The number of nitrogens with zero attached hydrogens (tertiary/aromatic N) is 1. The van der Waals surface area contributed by atoms with E-state index in [2.05, 4.69) is 9.97 Å². The van der Waals surface area contributed by atoms with E-state index in [1.54, 1.807) is 6.07 Å². The van der Waals surface area contributed by atoms with Crippen molar-refractivity contribution < 1.29 is 4.39 Å². The smallest absolute Gasteiger partial charge is 0.139 e. The summed E-state index contributed by atoms with van der Waals surface area (Å²) in [5, 5.41) is 0.634. The Balaban J connectivity index is 2.19. The number of aromatic nitrogens is 2. The molecule has 3 rings (SSSR count). The second-order valence-electron chi connectivity index (χ2n) is 4.23. The van der Waals surface area contributed by atoms with Crippen LogP contribution in [0.2, 0.25) is 5.02 Å². The molecule has 0 spiro atoms. The lowest BCUT2D eigenvalue weighted by atomic mass is 10.1. The van der Waals surface area contributed by atoms with Crippen molar-refractivity contribution in [2.45, 2.75) is 6.92 Å². The Morgan fingerprint density at radius 2 is 2.00 bits per heavy atom. The summed E-state index contributed by atoms with van der Waals surface area (Å²) in [6.07, 6.45) is 0. The van der Waals surface area contributed by atoms with Crippen molar-refractivity contribution >= 4 is 22.6 Å². The zero-order chi connectivity index (χ0) is 12.7. The average molecular weight is 261 g/mol. The second kappa shape index (κ2) is 4.10. The number of hydrogen-bond acceptors (Lipinski definition) is 1. The normalized spacial score (nSPS) is 11.1. The van der Waals surface area contributed by atoms with Crippen LogP contribution in [0.5, 0.6) is 0 Å². The highest BCUT2D eigenvalue weighted by atomic mass is 35.5. The minimum atomic E-state index is -0.285. The van der Waals surface area contributed by atoms with Gasteiger partial charge in [-0.25, -0.2) is 9.37 Å². The molecule has 3 aromatic rings. The fraction of sp³-hybridized carbons (Fsp3) is 0.0714. The Hall–Kier alpha value is -1.87. The van der Waals surface area contributed by atoms with Gasteiger partial charge < -0.3 is 4.98 Å². The zero-order valence-electron chi connectivity index (χ0n) is 9.67. The van der Waals surface area contributed by atoms with E-state index in [9.17, 15) is 4.39 Å². The van der Waals surface area contributed by atoms with Crippen molar-refractivity contribution in [1.82, 2.24) is 9.97 Å². The maximum Gasteiger partial charge on any atom is 0.139 e. The van der Waals surface area contributed by atoms with Crippen molar-refractivity contribution in [1.29, 1.82) is 0 Å². The fourth-order valence-electron chi connectivity index (χ4n) is 1.92. The van der Waals surface area contributed by atoms with Gasteiger partial charge in [0.25, 0.3) is 0 Å². The summed E-state index contributed by atoms with van der Waals surface area (Å²) in [6, 6.07) is 10.2. The van der Waals surface area contributed by atoms with E-state index in [1.165, 1.54) is 12.1 Å². The molecule has 0 radical (unpaired) electrons. The fourth-order valence-corrected chi connectivity index (χ4v) is 2.25. The van der Waals surface area contributed by atoms with Crippen LogP contribution < -0.4 is 0 Å². The number of aromatic amines is 1. The minimum absolute atomic E-state index is 0.285. The molecule has 4 heteroatoms. The summed E-state index contributed by atoms with van der Waals surface area (Å²) in [7, 11) is 0. The van der Waals surface area contributed by atoms with Crippen molar-refractivity contribution in [3.8, 4) is 11.4 Å². The van der Waals surface area contributed by atoms with Crippen molar-refractivity contribution in [2.75, 3.05) is 0 Å². The van der Waals surface area contributed by atoms with Gasteiger partial charge in [-0.05, 0) is 42.8 Å². The van der Waals surface area contributed by atoms with Crippen LogP contribution in [0.15, 0.2) is 36.4 Å². The van der Waals surface area contributed by atoms with E-state index in [1.807, 2.05) is 25.1 Å². The number of benzene rings is 2. The maximum atomic E-state index is 13.1. The number of fused-ring (bicyclic) bond motifs is 1. The van der Waals surface area contributed by atoms with Gasteiger partial charge in [-0.15, -0.1) is 0 Å². The number of aryl methyl sites for hydroxylation is 1. The Morgan fingerprint density at radius 3 is 2.78 bits per heavy atom. The highest BCUT2D eigenvalue weighted by Crippen LogP contribution is 2.28. The number of H-pyrrole nitrogens is 1. The molecule has 0 aliphatic rings.